The Morgan fingerprint density at radius 1 is 1.44 bits per heavy atom. The number of hydrogen-bond donors (Lipinski definition) is 1. The molecule has 0 radical (unpaired) electrons. The van der Waals surface area contributed by atoms with Crippen molar-refractivity contribution in [2.45, 2.75) is 13.5 Å². The van der Waals surface area contributed by atoms with Gasteiger partial charge >= 0.3 is 6.09 Å². The summed E-state index contributed by atoms with van der Waals surface area (Å²) < 4.78 is 10.0. The summed E-state index contributed by atoms with van der Waals surface area (Å²) in [5, 5.41) is 3.31. The lowest BCUT2D eigenvalue weighted by molar-refractivity contribution is 0.155. The molecule has 4 nitrogen and oxygen atoms in total. The number of hydrogen-bond acceptors (Lipinski definition) is 4. The largest absolute Gasteiger partial charge is 0.444 e. The van der Waals surface area contributed by atoms with Crippen LogP contribution < -0.4 is 5.32 Å². The van der Waals surface area contributed by atoms with Crippen molar-refractivity contribution in [3.8, 4) is 0 Å². The van der Waals surface area contributed by atoms with E-state index in [2.05, 4.69) is 25.6 Å². The highest BCUT2D eigenvalue weighted by atomic mass is 79.9. The van der Waals surface area contributed by atoms with Crippen LogP contribution in [0.3, 0.4) is 0 Å². The number of halogens is 1. The average Bonchev–Trinajstić information content (AvgIpc) is 2.70. The van der Waals surface area contributed by atoms with Gasteiger partial charge in [0.15, 0.2) is 0 Å². The van der Waals surface area contributed by atoms with Gasteiger partial charge in [-0.1, -0.05) is 30.3 Å². The second kappa shape index (κ2) is 5.97. The molecule has 0 saturated heterocycles. The highest BCUT2D eigenvalue weighted by Gasteiger charge is 2.11. The third kappa shape index (κ3) is 3.30. The van der Waals surface area contributed by atoms with Crippen LogP contribution in [0.25, 0.3) is 0 Å². The van der Waals surface area contributed by atoms with E-state index < -0.39 is 6.09 Å². The zero-order valence-electron chi connectivity index (χ0n) is 9.64. The molecule has 0 spiro atoms. The number of nitrogens with zero attached hydrogens (tertiary/aromatic N) is 1. The minimum Gasteiger partial charge on any atom is -0.444 e. The van der Waals surface area contributed by atoms with Crippen LogP contribution in [0.1, 0.15) is 11.3 Å². The first kappa shape index (κ1) is 13.0. The lowest BCUT2D eigenvalue weighted by atomic mass is 10.2. The predicted molar refractivity (Wildman–Crippen MR) is 74.8 cm³/mol. The maximum Gasteiger partial charge on any atom is 0.412 e. The molecule has 0 bridgehead atoms. The summed E-state index contributed by atoms with van der Waals surface area (Å²) in [6, 6.07) is 9.53. The standard InChI is InChI=1S/C12H11BrN2O2S/c1-8-10(13)11(18-15-8)14-12(16)17-7-9-5-3-2-4-6-9/h2-6H,7H2,1H3,(H,14,16). The van der Waals surface area contributed by atoms with E-state index in [9.17, 15) is 4.79 Å². The van der Waals surface area contributed by atoms with Gasteiger partial charge in [-0.05, 0) is 39.9 Å². The number of carbonyl (C=O) groups excluding carboxylic acids is 1. The van der Waals surface area contributed by atoms with Gasteiger partial charge in [-0.2, -0.15) is 4.37 Å². The van der Waals surface area contributed by atoms with Gasteiger partial charge in [0.2, 0.25) is 0 Å². The van der Waals surface area contributed by atoms with Crippen LogP contribution in [0.2, 0.25) is 0 Å². The van der Waals surface area contributed by atoms with Crippen LogP contribution in [0.5, 0.6) is 0 Å². The summed E-state index contributed by atoms with van der Waals surface area (Å²) in [4.78, 5) is 11.6. The molecule has 1 N–H and O–H groups in total. The van der Waals surface area contributed by atoms with Gasteiger partial charge in [-0.15, -0.1) is 0 Å². The Morgan fingerprint density at radius 3 is 2.78 bits per heavy atom. The fraction of sp³-hybridized carbons (Fsp3) is 0.167. The van der Waals surface area contributed by atoms with Crippen molar-refractivity contribution in [1.82, 2.24) is 4.37 Å². The van der Waals surface area contributed by atoms with Crippen LogP contribution in [0, 0.1) is 6.92 Å². The first-order valence-electron chi connectivity index (χ1n) is 5.26. The van der Waals surface area contributed by atoms with Gasteiger partial charge in [-0.3, -0.25) is 5.32 Å². The number of nitrogens with one attached hydrogen (secondary N) is 1. The third-order valence-corrected chi connectivity index (χ3v) is 4.31. The summed E-state index contributed by atoms with van der Waals surface area (Å²) in [7, 11) is 0. The molecule has 1 amide bonds. The monoisotopic (exact) mass is 326 g/mol. The molecule has 0 aliphatic rings. The summed E-state index contributed by atoms with van der Waals surface area (Å²) >= 11 is 4.57. The molecule has 2 aromatic rings. The number of aryl methyl sites for hydroxylation is 1. The molecule has 0 fully saturated rings. The molecule has 18 heavy (non-hydrogen) atoms. The van der Waals surface area contributed by atoms with Crippen molar-refractivity contribution in [3.05, 3.63) is 46.1 Å². The Hall–Kier alpha value is -1.40. The van der Waals surface area contributed by atoms with Gasteiger partial charge in [0.1, 0.15) is 11.6 Å². The molecule has 1 aromatic carbocycles. The van der Waals surface area contributed by atoms with Gasteiger partial charge in [0.25, 0.3) is 0 Å². The Bertz CT molecular complexity index is 542. The van der Waals surface area contributed by atoms with E-state index in [1.807, 2.05) is 37.3 Å². The molecule has 2 rings (SSSR count). The van der Waals surface area contributed by atoms with Gasteiger partial charge < -0.3 is 4.74 Å². The highest BCUT2D eigenvalue weighted by Crippen LogP contribution is 2.29. The number of benzene rings is 1. The van der Waals surface area contributed by atoms with Crippen molar-refractivity contribution < 1.29 is 9.53 Å². The second-order valence-corrected chi connectivity index (χ2v) is 5.16. The first-order chi connectivity index (χ1) is 8.66. The lowest BCUT2D eigenvalue weighted by Crippen LogP contribution is -2.12. The Balaban J connectivity index is 1.88. The molecule has 94 valence electrons. The Kier molecular flexibility index (Phi) is 4.33. The molecule has 0 aliphatic heterocycles. The minimum atomic E-state index is -0.483. The van der Waals surface area contributed by atoms with Gasteiger partial charge in [0, 0.05) is 0 Å². The van der Waals surface area contributed by atoms with E-state index in [0.29, 0.717) is 5.00 Å². The maximum atomic E-state index is 11.6. The van der Waals surface area contributed by atoms with Crippen LogP contribution >= 0.6 is 27.5 Å². The van der Waals surface area contributed by atoms with Crippen LogP contribution in [-0.4, -0.2) is 10.5 Å². The first-order valence-corrected chi connectivity index (χ1v) is 6.83. The molecule has 0 saturated carbocycles. The molecule has 1 aromatic heterocycles. The molecule has 0 unspecified atom stereocenters. The molecule has 0 atom stereocenters. The number of rotatable bonds is 3. The molecule has 0 aliphatic carbocycles. The van der Waals surface area contributed by atoms with Crippen LogP contribution in [0.4, 0.5) is 9.80 Å². The molecular weight excluding hydrogens is 316 g/mol. The smallest absolute Gasteiger partial charge is 0.412 e. The number of ether oxygens (including phenoxy) is 1. The normalized spacial score (nSPS) is 10.1. The number of carbonyl (C=O) groups is 1. The van der Waals surface area contributed by atoms with E-state index in [0.717, 1.165) is 15.7 Å². The topological polar surface area (TPSA) is 51.2 Å². The third-order valence-electron chi connectivity index (χ3n) is 2.22. The molecular formula is C12H11BrN2O2S. The van der Waals surface area contributed by atoms with E-state index in [-0.39, 0.29) is 6.61 Å². The van der Waals surface area contributed by atoms with E-state index in [1.165, 1.54) is 11.5 Å². The maximum absolute atomic E-state index is 11.6. The quantitative estimate of drug-likeness (QED) is 0.928. The van der Waals surface area contributed by atoms with Crippen molar-refractivity contribution in [1.29, 1.82) is 0 Å². The summed E-state index contributed by atoms with van der Waals surface area (Å²) in [5.74, 6) is 0. The summed E-state index contributed by atoms with van der Waals surface area (Å²) in [6.07, 6.45) is -0.483. The Morgan fingerprint density at radius 2 is 2.17 bits per heavy atom. The van der Waals surface area contributed by atoms with Crippen molar-refractivity contribution in [3.63, 3.8) is 0 Å². The van der Waals surface area contributed by atoms with E-state index >= 15 is 0 Å². The number of anilines is 1. The minimum absolute atomic E-state index is 0.252. The highest BCUT2D eigenvalue weighted by molar-refractivity contribution is 9.10. The van der Waals surface area contributed by atoms with Crippen LogP contribution in [0.15, 0.2) is 34.8 Å². The SMILES string of the molecule is Cc1nsc(NC(=O)OCc2ccccc2)c1Br. The van der Waals surface area contributed by atoms with E-state index in [4.69, 9.17) is 4.74 Å². The lowest BCUT2D eigenvalue weighted by Gasteiger charge is -2.05. The van der Waals surface area contributed by atoms with Crippen molar-refractivity contribution in [2.75, 3.05) is 5.32 Å². The summed E-state index contributed by atoms with van der Waals surface area (Å²) in [6.45, 7) is 2.11. The summed E-state index contributed by atoms with van der Waals surface area (Å²) in [5.41, 5.74) is 1.80. The van der Waals surface area contributed by atoms with Gasteiger partial charge in [-0.25, -0.2) is 4.79 Å². The van der Waals surface area contributed by atoms with E-state index in [1.54, 1.807) is 0 Å². The van der Waals surface area contributed by atoms with Crippen molar-refractivity contribution >= 4 is 38.6 Å². The number of amides is 1. The zero-order valence-corrected chi connectivity index (χ0v) is 12.0. The fourth-order valence-electron chi connectivity index (χ4n) is 1.29. The van der Waals surface area contributed by atoms with Crippen molar-refractivity contribution in [2.24, 2.45) is 0 Å². The van der Waals surface area contributed by atoms with Crippen LogP contribution in [-0.2, 0) is 11.3 Å². The Labute approximate surface area is 117 Å². The zero-order chi connectivity index (χ0) is 13.0. The number of aromatic nitrogens is 1. The average molecular weight is 327 g/mol. The molecule has 1 heterocycles. The fourth-order valence-corrected chi connectivity index (χ4v) is 2.49. The molecule has 6 heteroatoms. The second-order valence-electron chi connectivity index (χ2n) is 3.60. The predicted octanol–water partition coefficient (Wildman–Crippen LogP) is 3.96. The van der Waals surface area contributed by atoms with Gasteiger partial charge in [0.05, 0.1) is 10.2 Å².